The average Bonchev–Trinajstić information content (AvgIpc) is 2.83. The number of hydrogen-bond donors (Lipinski definition) is 1. The first kappa shape index (κ1) is 12.9. The van der Waals surface area contributed by atoms with Gasteiger partial charge in [-0.25, -0.2) is 4.79 Å². The summed E-state index contributed by atoms with van der Waals surface area (Å²) in [6.45, 7) is -0.308. The van der Waals surface area contributed by atoms with Crippen molar-refractivity contribution in [1.29, 1.82) is 0 Å². The van der Waals surface area contributed by atoms with Crippen molar-refractivity contribution in [2.75, 3.05) is 6.61 Å². The van der Waals surface area contributed by atoms with Crippen LogP contribution in [-0.4, -0.2) is 28.0 Å². The number of aromatic hydroxyl groups is 1. The van der Waals surface area contributed by atoms with Crippen molar-refractivity contribution < 1.29 is 19.4 Å². The van der Waals surface area contributed by atoms with E-state index in [-0.39, 0.29) is 23.7 Å². The van der Waals surface area contributed by atoms with Gasteiger partial charge >= 0.3 is 5.97 Å². The lowest BCUT2D eigenvalue weighted by Gasteiger charge is -2.05. The summed E-state index contributed by atoms with van der Waals surface area (Å²) in [6, 6.07) is 9.05. The number of phenolic OH excluding ortho intramolecular Hbond substituents is 1. The number of phenols is 1. The number of aromatic nitrogens is 1. The molecule has 5 nitrogen and oxygen atoms in total. The number of ether oxygens (including phenoxy) is 1. The Balaban J connectivity index is 1.96. The van der Waals surface area contributed by atoms with Crippen molar-refractivity contribution in [1.82, 2.24) is 4.57 Å². The van der Waals surface area contributed by atoms with Crippen LogP contribution in [0.2, 0.25) is 0 Å². The van der Waals surface area contributed by atoms with Gasteiger partial charge in [-0.05, 0) is 36.4 Å². The van der Waals surface area contributed by atoms with Crippen LogP contribution in [-0.2, 0) is 11.8 Å². The maximum atomic E-state index is 11.8. The SMILES string of the molecule is Cn1cccc1C(=O)COC(=O)c1ccc(O)cc1. The minimum Gasteiger partial charge on any atom is -0.508 e. The summed E-state index contributed by atoms with van der Waals surface area (Å²) in [5, 5.41) is 9.10. The van der Waals surface area contributed by atoms with Crippen molar-refractivity contribution in [3.63, 3.8) is 0 Å². The highest BCUT2D eigenvalue weighted by atomic mass is 16.5. The number of nitrogens with zero attached hydrogens (tertiary/aromatic N) is 1. The topological polar surface area (TPSA) is 68.5 Å². The molecule has 0 atom stereocenters. The molecule has 0 saturated carbocycles. The van der Waals surface area contributed by atoms with Crippen LogP contribution in [0.3, 0.4) is 0 Å². The van der Waals surface area contributed by atoms with E-state index >= 15 is 0 Å². The van der Waals surface area contributed by atoms with Gasteiger partial charge in [0.2, 0.25) is 5.78 Å². The van der Waals surface area contributed by atoms with E-state index in [1.54, 1.807) is 29.9 Å². The Morgan fingerprint density at radius 2 is 1.89 bits per heavy atom. The quantitative estimate of drug-likeness (QED) is 0.671. The monoisotopic (exact) mass is 259 g/mol. The fraction of sp³-hybridized carbons (Fsp3) is 0.143. The van der Waals surface area contributed by atoms with Crippen LogP contribution in [0.15, 0.2) is 42.6 Å². The molecule has 0 aliphatic carbocycles. The van der Waals surface area contributed by atoms with E-state index in [4.69, 9.17) is 9.84 Å². The van der Waals surface area contributed by atoms with E-state index in [2.05, 4.69) is 0 Å². The first-order valence-electron chi connectivity index (χ1n) is 5.68. The predicted molar refractivity (Wildman–Crippen MR) is 68.1 cm³/mol. The molecule has 2 rings (SSSR count). The van der Waals surface area contributed by atoms with Gasteiger partial charge in [0.25, 0.3) is 0 Å². The molecule has 1 N–H and O–H groups in total. The van der Waals surface area contributed by atoms with Gasteiger partial charge in [0.1, 0.15) is 5.75 Å². The summed E-state index contributed by atoms with van der Waals surface area (Å²) < 4.78 is 6.59. The van der Waals surface area contributed by atoms with E-state index in [0.717, 1.165) is 0 Å². The molecular weight excluding hydrogens is 246 g/mol. The molecule has 0 saturated heterocycles. The molecule has 1 aromatic carbocycles. The molecule has 5 heteroatoms. The largest absolute Gasteiger partial charge is 0.508 e. The Bertz CT molecular complexity index is 598. The molecule has 0 unspecified atom stereocenters. The number of aryl methyl sites for hydroxylation is 1. The highest BCUT2D eigenvalue weighted by Crippen LogP contribution is 2.11. The van der Waals surface area contributed by atoms with Gasteiger partial charge in [-0.2, -0.15) is 0 Å². The van der Waals surface area contributed by atoms with Gasteiger partial charge in [-0.1, -0.05) is 0 Å². The Morgan fingerprint density at radius 1 is 1.21 bits per heavy atom. The Labute approximate surface area is 110 Å². The van der Waals surface area contributed by atoms with E-state index in [0.29, 0.717) is 5.69 Å². The van der Waals surface area contributed by atoms with Crippen LogP contribution in [0.1, 0.15) is 20.8 Å². The third kappa shape index (κ3) is 3.01. The summed E-state index contributed by atoms with van der Waals surface area (Å²) in [5.41, 5.74) is 0.774. The molecule has 0 aliphatic rings. The van der Waals surface area contributed by atoms with Gasteiger partial charge in [-0.3, -0.25) is 4.79 Å². The van der Waals surface area contributed by atoms with E-state index < -0.39 is 5.97 Å². The molecule has 0 radical (unpaired) electrons. The zero-order valence-corrected chi connectivity index (χ0v) is 10.4. The van der Waals surface area contributed by atoms with E-state index in [1.165, 1.54) is 24.3 Å². The second-order valence-corrected chi connectivity index (χ2v) is 4.05. The Morgan fingerprint density at radius 3 is 2.47 bits per heavy atom. The van der Waals surface area contributed by atoms with Gasteiger partial charge in [-0.15, -0.1) is 0 Å². The highest BCUT2D eigenvalue weighted by molar-refractivity contribution is 5.98. The summed E-state index contributed by atoms with van der Waals surface area (Å²) >= 11 is 0. The van der Waals surface area contributed by atoms with Crippen molar-refractivity contribution in [2.45, 2.75) is 0 Å². The molecule has 0 amide bonds. The van der Waals surface area contributed by atoms with Crippen LogP contribution in [0, 0.1) is 0 Å². The number of carbonyl (C=O) groups excluding carboxylic acids is 2. The predicted octanol–water partition coefficient (Wildman–Crippen LogP) is 1.77. The van der Waals surface area contributed by atoms with Crippen LogP contribution >= 0.6 is 0 Å². The van der Waals surface area contributed by atoms with Crippen LogP contribution < -0.4 is 0 Å². The summed E-state index contributed by atoms with van der Waals surface area (Å²) in [7, 11) is 1.75. The smallest absolute Gasteiger partial charge is 0.338 e. The Hall–Kier alpha value is -2.56. The minimum atomic E-state index is -0.595. The average molecular weight is 259 g/mol. The number of Topliss-reactive ketones (excluding diaryl/α,β-unsaturated/α-hetero) is 1. The first-order chi connectivity index (χ1) is 9.08. The molecule has 0 fully saturated rings. The zero-order chi connectivity index (χ0) is 13.8. The summed E-state index contributed by atoms with van der Waals surface area (Å²) in [6.07, 6.45) is 1.75. The van der Waals surface area contributed by atoms with Crippen LogP contribution in [0.25, 0.3) is 0 Å². The highest BCUT2D eigenvalue weighted by Gasteiger charge is 2.13. The molecule has 0 spiro atoms. The molecule has 1 aromatic heterocycles. The lowest BCUT2D eigenvalue weighted by Crippen LogP contribution is -2.16. The van der Waals surface area contributed by atoms with Crippen molar-refractivity contribution in [3.05, 3.63) is 53.9 Å². The number of carbonyl (C=O) groups is 2. The summed E-state index contributed by atoms with van der Waals surface area (Å²) in [5.74, 6) is -0.793. The third-order valence-electron chi connectivity index (χ3n) is 2.67. The van der Waals surface area contributed by atoms with Crippen LogP contribution in [0.4, 0.5) is 0 Å². The lowest BCUT2D eigenvalue weighted by atomic mass is 10.2. The van der Waals surface area contributed by atoms with Gasteiger partial charge < -0.3 is 14.4 Å². The van der Waals surface area contributed by atoms with E-state index in [1.807, 2.05) is 0 Å². The summed E-state index contributed by atoms with van der Waals surface area (Å²) in [4.78, 5) is 23.4. The molecule has 19 heavy (non-hydrogen) atoms. The second-order valence-electron chi connectivity index (χ2n) is 4.05. The third-order valence-corrected chi connectivity index (χ3v) is 2.67. The van der Waals surface area contributed by atoms with Gasteiger partial charge in [0.05, 0.1) is 11.3 Å². The molecule has 98 valence electrons. The number of esters is 1. The normalized spacial score (nSPS) is 10.2. The maximum Gasteiger partial charge on any atom is 0.338 e. The second kappa shape index (κ2) is 5.39. The maximum absolute atomic E-state index is 11.8. The fourth-order valence-corrected chi connectivity index (χ4v) is 1.64. The molecule has 0 bridgehead atoms. The number of benzene rings is 1. The number of rotatable bonds is 4. The van der Waals surface area contributed by atoms with Crippen molar-refractivity contribution >= 4 is 11.8 Å². The van der Waals surface area contributed by atoms with Crippen molar-refractivity contribution in [2.24, 2.45) is 7.05 Å². The number of ketones is 1. The first-order valence-corrected chi connectivity index (χ1v) is 5.68. The molecule has 0 aliphatic heterocycles. The minimum absolute atomic E-state index is 0.0661. The lowest BCUT2D eigenvalue weighted by molar-refractivity contribution is 0.0472. The number of hydrogen-bond acceptors (Lipinski definition) is 4. The van der Waals surface area contributed by atoms with E-state index in [9.17, 15) is 9.59 Å². The molecular formula is C14H13NO4. The van der Waals surface area contributed by atoms with Gasteiger partial charge in [0, 0.05) is 13.2 Å². The zero-order valence-electron chi connectivity index (χ0n) is 10.4. The van der Waals surface area contributed by atoms with Gasteiger partial charge in [0.15, 0.2) is 6.61 Å². The van der Waals surface area contributed by atoms with Crippen molar-refractivity contribution in [3.8, 4) is 5.75 Å². The fourth-order valence-electron chi connectivity index (χ4n) is 1.64. The standard InChI is InChI=1S/C14H13NO4/c1-15-8-2-3-12(15)13(17)9-19-14(18)10-4-6-11(16)7-5-10/h2-8,16H,9H2,1H3. The van der Waals surface area contributed by atoms with Crippen LogP contribution in [0.5, 0.6) is 5.75 Å². The molecule has 2 aromatic rings. The molecule has 1 heterocycles. The Kier molecular flexibility index (Phi) is 3.66.